The number of hydrogen-bond acceptors (Lipinski definition) is 3. The highest BCUT2D eigenvalue weighted by atomic mass is 35.5. The fourth-order valence-electron chi connectivity index (χ4n) is 1.92. The van der Waals surface area contributed by atoms with Crippen LogP contribution < -0.4 is 10.0 Å². The van der Waals surface area contributed by atoms with E-state index in [9.17, 15) is 17.6 Å². The fourth-order valence-corrected chi connectivity index (χ4v) is 3.32. The van der Waals surface area contributed by atoms with Gasteiger partial charge in [-0.2, -0.15) is 0 Å². The number of benzene rings is 2. The lowest BCUT2D eigenvalue weighted by atomic mass is 10.2. The molecule has 0 bridgehead atoms. The molecule has 0 aliphatic rings. The monoisotopic (exact) mass is 356 g/mol. The van der Waals surface area contributed by atoms with Crippen LogP contribution in [0.5, 0.6) is 0 Å². The first-order valence-corrected chi connectivity index (χ1v) is 8.45. The minimum Gasteiger partial charge on any atom is -0.325 e. The summed E-state index contributed by atoms with van der Waals surface area (Å²) in [5, 5.41) is 2.97. The van der Waals surface area contributed by atoms with Gasteiger partial charge in [0.2, 0.25) is 15.9 Å². The van der Waals surface area contributed by atoms with Crippen molar-refractivity contribution in [3.8, 4) is 0 Å². The standard InChI is InChI=1S/C15H14ClFN2O3S/c1-10-7-12(17)5-6-14(10)23(21,22)18-9-15(20)19-13-4-2-3-11(16)8-13/h2-8,18H,9H2,1H3,(H,19,20). The molecule has 2 aromatic carbocycles. The van der Waals surface area contributed by atoms with Gasteiger partial charge in [0.15, 0.2) is 0 Å². The van der Waals surface area contributed by atoms with Crippen molar-refractivity contribution in [2.45, 2.75) is 11.8 Å². The zero-order valence-corrected chi connectivity index (χ0v) is 13.7. The summed E-state index contributed by atoms with van der Waals surface area (Å²) < 4.78 is 39.5. The Balaban J connectivity index is 2.03. The molecule has 122 valence electrons. The summed E-state index contributed by atoms with van der Waals surface area (Å²) in [7, 11) is -3.91. The predicted molar refractivity (Wildman–Crippen MR) is 86.4 cm³/mol. The first kappa shape index (κ1) is 17.4. The molecular weight excluding hydrogens is 343 g/mol. The van der Waals surface area contributed by atoms with Crippen LogP contribution in [-0.2, 0) is 14.8 Å². The second-order valence-corrected chi connectivity index (χ2v) is 6.96. The zero-order valence-electron chi connectivity index (χ0n) is 12.1. The normalized spacial score (nSPS) is 11.3. The van der Waals surface area contributed by atoms with Gasteiger partial charge < -0.3 is 5.32 Å². The maximum atomic E-state index is 13.0. The van der Waals surface area contributed by atoms with E-state index in [4.69, 9.17) is 11.6 Å². The average Bonchev–Trinajstić information content (AvgIpc) is 2.45. The van der Waals surface area contributed by atoms with Crippen LogP contribution in [0.1, 0.15) is 5.56 Å². The van der Waals surface area contributed by atoms with Crippen LogP contribution in [0.15, 0.2) is 47.4 Å². The highest BCUT2D eigenvalue weighted by molar-refractivity contribution is 7.89. The van der Waals surface area contributed by atoms with Crippen molar-refractivity contribution in [1.29, 1.82) is 0 Å². The fraction of sp³-hybridized carbons (Fsp3) is 0.133. The topological polar surface area (TPSA) is 75.3 Å². The second kappa shape index (κ2) is 7.08. The number of carbonyl (C=O) groups excluding carboxylic acids is 1. The van der Waals surface area contributed by atoms with Gasteiger partial charge in [0.1, 0.15) is 5.82 Å². The Kier molecular flexibility index (Phi) is 5.35. The van der Waals surface area contributed by atoms with Gasteiger partial charge in [-0.25, -0.2) is 17.5 Å². The van der Waals surface area contributed by atoms with Gasteiger partial charge in [0.05, 0.1) is 11.4 Å². The van der Waals surface area contributed by atoms with Gasteiger partial charge in [-0.1, -0.05) is 17.7 Å². The minimum atomic E-state index is -3.91. The molecule has 1 amide bonds. The molecule has 5 nitrogen and oxygen atoms in total. The van der Waals surface area contributed by atoms with E-state index in [0.717, 1.165) is 18.2 Å². The molecule has 0 saturated carbocycles. The smallest absolute Gasteiger partial charge is 0.241 e. The quantitative estimate of drug-likeness (QED) is 0.864. The van der Waals surface area contributed by atoms with Crippen molar-refractivity contribution in [3.63, 3.8) is 0 Å². The number of rotatable bonds is 5. The van der Waals surface area contributed by atoms with E-state index in [1.165, 1.54) is 13.0 Å². The van der Waals surface area contributed by atoms with Crippen molar-refractivity contribution < 1.29 is 17.6 Å². The van der Waals surface area contributed by atoms with E-state index < -0.39 is 28.3 Å². The van der Waals surface area contributed by atoms with Crippen LogP contribution in [0, 0.1) is 12.7 Å². The van der Waals surface area contributed by atoms with Crippen LogP contribution in [0.25, 0.3) is 0 Å². The minimum absolute atomic E-state index is 0.0746. The molecule has 0 atom stereocenters. The van der Waals surface area contributed by atoms with Crippen LogP contribution in [0.3, 0.4) is 0 Å². The van der Waals surface area contributed by atoms with Crippen molar-refractivity contribution in [3.05, 3.63) is 58.9 Å². The Bertz CT molecular complexity index is 840. The maximum Gasteiger partial charge on any atom is 0.241 e. The van der Waals surface area contributed by atoms with Crippen molar-refractivity contribution >= 4 is 33.2 Å². The number of nitrogens with one attached hydrogen (secondary N) is 2. The molecule has 0 fully saturated rings. The van der Waals surface area contributed by atoms with E-state index in [1.807, 2.05) is 0 Å². The lowest BCUT2D eigenvalue weighted by Gasteiger charge is -2.10. The van der Waals surface area contributed by atoms with Crippen LogP contribution in [0.4, 0.5) is 10.1 Å². The molecule has 0 aromatic heterocycles. The molecular formula is C15H14ClFN2O3S. The van der Waals surface area contributed by atoms with Crippen LogP contribution in [0.2, 0.25) is 5.02 Å². The van der Waals surface area contributed by atoms with E-state index in [-0.39, 0.29) is 10.5 Å². The number of amides is 1. The Morgan fingerprint density at radius 2 is 1.96 bits per heavy atom. The number of hydrogen-bond donors (Lipinski definition) is 2. The molecule has 0 aliphatic heterocycles. The summed E-state index contributed by atoms with van der Waals surface area (Å²) in [6.45, 7) is 1.02. The molecule has 23 heavy (non-hydrogen) atoms. The third kappa shape index (κ3) is 4.75. The molecule has 0 radical (unpaired) electrons. The van der Waals surface area contributed by atoms with Crippen molar-refractivity contribution in [2.75, 3.05) is 11.9 Å². The van der Waals surface area contributed by atoms with Crippen molar-refractivity contribution in [1.82, 2.24) is 4.72 Å². The highest BCUT2D eigenvalue weighted by Gasteiger charge is 2.18. The summed E-state index contributed by atoms with van der Waals surface area (Å²) in [6.07, 6.45) is 0. The van der Waals surface area contributed by atoms with Gasteiger partial charge in [-0.15, -0.1) is 0 Å². The molecule has 0 heterocycles. The van der Waals surface area contributed by atoms with E-state index >= 15 is 0 Å². The van der Waals surface area contributed by atoms with Crippen LogP contribution in [-0.4, -0.2) is 20.9 Å². The summed E-state index contributed by atoms with van der Waals surface area (Å²) in [4.78, 5) is 11.7. The van der Waals surface area contributed by atoms with Crippen LogP contribution >= 0.6 is 11.6 Å². The Morgan fingerprint density at radius 1 is 1.22 bits per heavy atom. The largest absolute Gasteiger partial charge is 0.325 e. The molecule has 2 rings (SSSR count). The van der Waals surface area contributed by atoms with E-state index in [2.05, 4.69) is 10.0 Å². The van der Waals surface area contributed by atoms with Gasteiger partial charge in [-0.05, 0) is 48.9 Å². The molecule has 8 heteroatoms. The van der Waals surface area contributed by atoms with Gasteiger partial charge in [0, 0.05) is 10.7 Å². The zero-order chi connectivity index (χ0) is 17.0. The SMILES string of the molecule is Cc1cc(F)ccc1S(=O)(=O)NCC(=O)Nc1cccc(Cl)c1. The molecule has 0 spiro atoms. The van der Waals surface area contributed by atoms with Gasteiger partial charge in [-0.3, -0.25) is 4.79 Å². The molecule has 0 saturated heterocycles. The first-order valence-electron chi connectivity index (χ1n) is 6.59. The number of halogens is 2. The van der Waals surface area contributed by atoms with Gasteiger partial charge in [0.25, 0.3) is 0 Å². The average molecular weight is 357 g/mol. The summed E-state index contributed by atoms with van der Waals surface area (Å²) in [5.74, 6) is -1.07. The summed E-state index contributed by atoms with van der Waals surface area (Å²) in [5.41, 5.74) is 0.715. The number of anilines is 1. The second-order valence-electron chi connectivity index (χ2n) is 4.79. The van der Waals surface area contributed by atoms with Gasteiger partial charge >= 0.3 is 0 Å². The lowest BCUT2D eigenvalue weighted by Crippen LogP contribution is -2.33. The Morgan fingerprint density at radius 3 is 2.61 bits per heavy atom. The molecule has 0 unspecified atom stereocenters. The number of carbonyl (C=O) groups is 1. The molecule has 2 N–H and O–H groups in total. The van der Waals surface area contributed by atoms with E-state index in [1.54, 1.807) is 18.2 Å². The first-order chi connectivity index (χ1) is 10.8. The van der Waals surface area contributed by atoms with Crippen molar-refractivity contribution in [2.24, 2.45) is 0 Å². The Labute approximate surface area is 138 Å². The summed E-state index contributed by atoms with van der Waals surface area (Å²) in [6, 6.07) is 9.79. The maximum absolute atomic E-state index is 13.0. The number of aryl methyl sites for hydroxylation is 1. The third-order valence-corrected chi connectivity index (χ3v) is 4.75. The molecule has 0 aliphatic carbocycles. The highest BCUT2D eigenvalue weighted by Crippen LogP contribution is 2.16. The third-order valence-electron chi connectivity index (χ3n) is 2.96. The number of sulfonamides is 1. The summed E-state index contributed by atoms with van der Waals surface area (Å²) >= 11 is 5.79. The predicted octanol–water partition coefficient (Wildman–Crippen LogP) is 2.70. The van der Waals surface area contributed by atoms with E-state index in [0.29, 0.717) is 10.7 Å². The lowest BCUT2D eigenvalue weighted by molar-refractivity contribution is -0.115. The Hall–Kier alpha value is -1.96. The molecule has 2 aromatic rings.